The lowest BCUT2D eigenvalue weighted by molar-refractivity contribution is 0.126. The highest BCUT2D eigenvalue weighted by atomic mass is 32.1. The summed E-state index contributed by atoms with van der Waals surface area (Å²) in [6.07, 6.45) is 3.83. The van der Waals surface area contributed by atoms with Crippen LogP contribution in [0.1, 0.15) is 25.7 Å². The topological polar surface area (TPSA) is 49.2 Å². The Morgan fingerprint density at radius 3 is 2.54 bits per heavy atom. The maximum Gasteiger partial charge on any atom is 0.172 e. The van der Waals surface area contributed by atoms with E-state index in [2.05, 4.69) is 34.5 Å². The van der Waals surface area contributed by atoms with Crippen LogP contribution in [-0.4, -0.2) is 33.3 Å². The van der Waals surface area contributed by atoms with Gasteiger partial charge in [0.2, 0.25) is 0 Å². The van der Waals surface area contributed by atoms with Gasteiger partial charge >= 0.3 is 0 Å². The van der Waals surface area contributed by atoms with E-state index in [9.17, 15) is 5.11 Å². The van der Waals surface area contributed by atoms with Gasteiger partial charge in [0, 0.05) is 17.5 Å². The van der Waals surface area contributed by atoms with Gasteiger partial charge in [0.1, 0.15) is 5.82 Å². The molecule has 5 rings (SSSR count). The molecule has 2 aliphatic heterocycles. The highest BCUT2D eigenvalue weighted by Gasteiger charge is 2.41. The summed E-state index contributed by atoms with van der Waals surface area (Å²) in [5.74, 6) is 1.85. The lowest BCUT2D eigenvalue weighted by Crippen LogP contribution is -2.45. The van der Waals surface area contributed by atoms with Crippen molar-refractivity contribution in [1.82, 2.24) is 9.97 Å². The van der Waals surface area contributed by atoms with Gasteiger partial charge < -0.3 is 10.0 Å². The first kappa shape index (κ1) is 14.4. The number of aliphatic hydroxyl groups excluding tert-OH is 1. The maximum atomic E-state index is 10.1. The van der Waals surface area contributed by atoms with E-state index >= 15 is 0 Å². The van der Waals surface area contributed by atoms with Crippen LogP contribution in [0.4, 0.5) is 5.82 Å². The van der Waals surface area contributed by atoms with E-state index < -0.39 is 0 Å². The van der Waals surface area contributed by atoms with Gasteiger partial charge in [-0.05, 0) is 49.3 Å². The first-order chi connectivity index (χ1) is 11.8. The van der Waals surface area contributed by atoms with Crippen LogP contribution in [0.25, 0.3) is 21.6 Å². The molecule has 2 bridgehead atoms. The van der Waals surface area contributed by atoms with Gasteiger partial charge in [0.25, 0.3) is 0 Å². The van der Waals surface area contributed by atoms with E-state index in [1.807, 2.05) is 12.1 Å². The Balaban J connectivity index is 1.70. The number of anilines is 1. The molecule has 4 nitrogen and oxygen atoms in total. The molecule has 0 radical (unpaired) electrons. The number of hydrogen-bond acceptors (Lipinski definition) is 5. The molecule has 0 aliphatic carbocycles. The summed E-state index contributed by atoms with van der Waals surface area (Å²) < 4.78 is 0. The Morgan fingerprint density at radius 1 is 1.00 bits per heavy atom. The lowest BCUT2D eigenvalue weighted by Gasteiger charge is -2.38. The molecule has 2 unspecified atom stereocenters. The summed E-state index contributed by atoms with van der Waals surface area (Å²) in [7, 11) is 0. The average Bonchev–Trinajstić information content (AvgIpc) is 3.21. The molecule has 0 saturated carbocycles. The maximum absolute atomic E-state index is 10.1. The number of aromatic nitrogens is 2. The zero-order valence-electron chi connectivity index (χ0n) is 13.3. The third-order valence-corrected chi connectivity index (χ3v) is 6.14. The minimum atomic E-state index is -0.163. The van der Waals surface area contributed by atoms with Crippen molar-refractivity contribution < 1.29 is 5.11 Å². The second-order valence-electron chi connectivity index (χ2n) is 6.78. The molecule has 1 N–H and O–H groups in total. The second-order valence-corrected chi connectivity index (χ2v) is 7.73. The molecule has 122 valence electrons. The molecule has 2 fully saturated rings. The number of hydrogen-bond donors (Lipinski definition) is 1. The molecular weight excluding hydrogens is 318 g/mol. The van der Waals surface area contributed by atoms with Crippen molar-refractivity contribution in [3.8, 4) is 10.7 Å². The summed E-state index contributed by atoms with van der Waals surface area (Å²) in [6, 6.07) is 13.2. The van der Waals surface area contributed by atoms with Gasteiger partial charge in [-0.1, -0.05) is 18.2 Å². The molecule has 2 aromatic heterocycles. The summed E-state index contributed by atoms with van der Waals surface area (Å²) >= 11 is 1.67. The van der Waals surface area contributed by atoms with Crippen LogP contribution in [-0.2, 0) is 0 Å². The molecule has 2 aliphatic rings. The molecule has 24 heavy (non-hydrogen) atoms. The SMILES string of the molecule is OC1CC2CCC(C1)N2c1nc(-c2cccs2)nc2ccccc12. The molecule has 3 aromatic rings. The standard InChI is InChI=1S/C19H19N3OS/c23-14-10-12-7-8-13(11-14)22(12)19-15-4-1-2-5-16(15)20-18(21-19)17-6-3-9-24-17/h1-6,9,12-14,23H,7-8,10-11H2. The molecule has 5 heteroatoms. The van der Waals surface area contributed by atoms with Crippen molar-refractivity contribution in [2.45, 2.75) is 43.9 Å². The predicted molar refractivity (Wildman–Crippen MR) is 97.4 cm³/mol. The van der Waals surface area contributed by atoms with Crippen molar-refractivity contribution in [2.24, 2.45) is 0 Å². The molecule has 4 heterocycles. The fourth-order valence-corrected chi connectivity index (χ4v) is 4.92. The summed E-state index contributed by atoms with van der Waals surface area (Å²) in [5, 5.41) is 13.3. The van der Waals surface area contributed by atoms with Crippen molar-refractivity contribution in [1.29, 1.82) is 0 Å². The second kappa shape index (κ2) is 5.53. The zero-order valence-corrected chi connectivity index (χ0v) is 14.1. The molecule has 0 spiro atoms. The lowest BCUT2D eigenvalue weighted by atomic mass is 9.99. The molecule has 2 atom stereocenters. The molecule has 0 amide bonds. The van der Waals surface area contributed by atoms with Crippen LogP contribution in [0.15, 0.2) is 41.8 Å². The van der Waals surface area contributed by atoms with Crippen molar-refractivity contribution in [2.75, 3.05) is 4.90 Å². The van der Waals surface area contributed by atoms with Crippen LogP contribution >= 0.6 is 11.3 Å². The van der Waals surface area contributed by atoms with Gasteiger partial charge in [-0.15, -0.1) is 11.3 Å². The Kier molecular flexibility index (Phi) is 3.31. The number of aliphatic hydroxyl groups is 1. The van der Waals surface area contributed by atoms with Gasteiger partial charge in [0.15, 0.2) is 5.82 Å². The van der Waals surface area contributed by atoms with E-state index in [1.165, 1.54) is 0 Å². The predicted octanol–water partition coefficient (Wildman–Crippen LogP) is 3.85. The number of benzene rings is 1. The Morgan fingerprint density at radius 2 is 1.79 bits per heavy atom. The van der Waals surface area contributed by atoms with E-state index in [0.29, 0.717) is 12.1 Å². The van der Waals surface area contributed by atoms with E-state index in [4.69, 9.17) is 9.97 Å². The van der Waals surface area contributed by atoms with Gasteiger partial charge in [-0.25, -0.2) is 9.97 Å². The number of piperidine rings is 1. The first-order valence-electron chi connectivity index (χ1n) is 8.56. The summed E-state index contributed by atoms with van der Waals surface area (Å²) in [5.41, 5.74) is 0.997. The molecular formula is C19H19N3OS. The van der Waals surface area contributed by atoms with Crippen LogP contribution in [0.5, 0.6) is 0 Å². The highest BCUT2D eigenvalue weighted by molar-refractivity contribution is 7.13. The normalized spacial score (nSPS) is 26.2. The smallest absolute Gasteiger partial charge is 0.172 e. The quantitative estimate of drug-likeness (QED) is 0.772. The summed E-state index contributed by atoms with van der Waals surface area (Å²) in [4.78, 5) is 13.3. The van der Waals surface area contributed by atoms with Gasteiger partial charge in [-0.3, -0.25) is 0 Å². The molecule has 2 saturated heterocycles. The number of rotatable bonds is 2. The largest absolute Gasteiger partial charge is 0.393 e. The fourth-order valence-electron chi connectivity index (χ4n) is 4.27. The van der Waals surface area contributed by atoms with E-state index in [1.54, 1.807) is 11.3 Å². The number of fused-ring (bicyclic) bond motifs is 3. The number of thiophene rings is 1. The third kappa shape index (κ3) is 2.23. The van der Waals surface area contributed by atoms with Crippen molar-refractivity contribution in [3.63, 3.8) is 0 Å². The zero-order chi connectivity index (χ0) is 16.1. The van der Waals surface area contributed by atoms with E-state index in [0.717, 1.165) is 53.1 Å². The van der Waals surface area contributed by atoms with Crippen LogP contribution in [0.3, 0.4) is 0 Å². The van der Waals surface area contributed by atoms with E-state index in [-0.39, 0.29) is 6.10 Å². The monoisotopic (exact) mass is 337 g/mol. The Labute approximate surface area is 144 Å². The van der Waals surface area contributed by atoms with Gasteiger partial charge in [-0.2, -0.15) is 0 Å². The molecule has 1 aromatic carbocycles. The number of para-hydroxylation sites is 1. The highest BCUT2D eigenvalue weighted by Crippen LogP contribution is 2.41. The summed E-state index contributed by atoms with van der Waals surface area (Å²) in [6.45, 7) is 0. The fraction of sp³-hybridized carbons (Fsp3) is 0.368. The Bertz CT molecular complexity index is 865. The number of nitrogens with zero attached hydrogens (tertiary/aromatic N) is 3. The first-order valence-corrected chi connectivity index (χ1v) is 9.44. The minimum Gasteiger partial charge on any atom is -0.393 e. The van der Waals surface area contributed by atoms with Crippen LogP contribution in [0, 0.1) is 0 Å². The van der Waals surface area contributed by atoms with Gasteiger partial charge in [0.05, 0.1) is 16.5 Å². The Hall–Kier alpha value is -1.98. The van der Waals surface area contributed by atoms with Crippen molar-refractivity contribution >= 4 is 28.1 Å². The minimum absolute atomic E-state index is 0.163. The van der Waals surface area contributed by atoms with Crippen LogP contribution in [0.2, 0.25) is 0 Å². The van der Waals surface area contributed by atoms with Crippen LogP contribution < -0.4 is 4.90 Å². The van der Waals surface area contributed by atoms with Crippen molar-refractivity contribution in [3.05, 3.63) is 41.8 Å². The average molecular weight is 337 g/mol. The third-order valence-electron chi connectivity index (χ3n) is 5.28.